The maximum Gasteiger partial charge on any atom is 0.255 e. The molecule has 22 heavy (non-hydrogen) atoms. The van der Waals surface area contributed by atoms with Crippen LogP contribution in [0.3, 0.4) is 0 Å². The molecule has 0 radical (unpaired) electrons. The lowest BCUT2D eigenvalue weighted by Gasteiger charge is -2.18. The van der Waals surface area contributed by atoms with Crippen molar-refractivity contribution in [2.24, 2.45) is 0 Å². The van der Waals surface area contributed by atoms with E-state index in [4.69, 9.17) is 9.47 Å². The van der Waals surface area contributed by atoms with Gasteiger partial charge in [-0.05, 0) is 24.3 Å². The summed E-state index contributed by atoms with van der Waals surface area (Å²) in [6.07, 6.45) is 0. The molecule has 0 aliphatic heterocycles. The van der Waals surface area contributed by atoms with Gasteiger partial charge in [-0.25, -0.2) is 0 Å². The summed E-state index contributed by atoms with van der Waals surface area (Å²) in [5.41, 5.74) is 2.16. The van der Waals surface area contributed by atoms with E-state index in [1.165, 1.54) is 0 Å². The van der Waals surface area contributed by atoms with Crippen LogP contribution in [0, 0.1) is 0 Å². The average molecular weight is 300 g/mol. The van der Waals surface area contributed by atoms with E-state index in [1.54, 1.807) is 32.4 Å². The molecule has 0 aliphatic rings. The molecule has 0 bridgehead atoms. The molecule has 0 saturated carbocycles. The second-order valence-electron chi connectivity index (χ2n) is 4.97. The van der Waals surface area contributed by atoms with Crippen molar-refractivity contribution in [3.05, 3.63) is 48.0 Å². The Bertz CT molecular complexity index is 646. The first-order valence-corrected chi connectivity index (χ1v) is 6.86. The zero-order chi connectivity index (χ0) is 16.1. The molecule has 2 aromatic carbocycles. The Hall–Kier alpha value is -2.69. The number of nitrogens with zero attached hydrogens (tertiary/aromatic N) is 1. The van der Waals surface area contributed by atoms with Gasteiger partial charge in [0, 0.05) is 25.7 Å². The highest BCUT2D eigenvalue weighted by Gasteiger charge is 2.12. The van der Waals surface area contributed by atoms with Crippen LogP contribution in [0.25, 0.3) is 0 Å². The fraction of sp³-hybridized carbons (Fsp3) is 0.235. The van der Waals surface area contributed by atoms with Crippen molar-refractivity contribution in [3.8, 4) is 11.5 Å². The Morgan fingerprint density at radius 1 is 1.00 bits per heavy atom. The molecule has 5 nitrogen and oxygen atoms in total. The Morgan fingerprint density at radius 3 is 2.14 bits per heavy atom. The number of carbonyl (C=O) groups is 1. The molecule has 0 unspecified atom stereocenters. The number of benzene rings is 2. The first kappa shape index (κ1) is 15.7. The molecule has 0 aliphatic carbocycles. The van der Waals surface area contributed by atoms with Gasteiger partial charge in [-0.15, -0.1) is 0 Å². The fourth-order valence-corrected chi connectivity index (χ4v) is 2.10. The summed E-state index contributed by atoms with van der Waals surface area (Å²) in [7, 11) is 6.97. The van der Waals surface area contributed by atoms with Crippen LogP contribution in [0.4, 0.5) is 11.4 Å². The summed E-state index contributed by atoms with van der Waals surface area (Å²) < 4.78 is 10.4. The van der Waals surface area contributed by atoms with Crippen molar-refractivity contribution in [1.29, 1.82) is 0 Å². The average Bonchev–Trinajstić information content (AvgIpc) is 2.54. The van der Waals surface area contributed by atoms with Crippen molar-refractivity contribution in [1.82, 2.24) is 0 Å². The number of amides is 1. The number of ether oxygens (including phenoxy) is 2. The molecule has 0 spiro atoms. The normalized spacial score (nSPS) is 10.0. The maximum absolute atomic E-state index is 12.5. The first-order chi connectivity index (χ1) is 10.5. The molecule has 0 fully saturated rings. The van der Waals surface area contributed by atoms with Gasteiger partial charge in [0.2, 0.25) is 0 Å². The highest BCUT2D eigenvalue weighted by molar-refractivity contribution is 6.06. The van der Waals surface area contributed by atoms with Crippen LogP contribution in [0.2, 0.25) is 0 Å². The van der Waals surface area contributed by atoms with Crippen LogP contribution in [0.5, 0.6) is 11.5 Å². The third kappa shape index (κ3) is 3.49. The lowest BCUT2D eigenvalue weighted by molar-refractivity contribution is 0.102. The zero-order valence-electron chi connectivity index (χ0n) is 13.2. The van der Waals surface area contributed by atoms with Gasteiger partial charge < -0.3 is 19.7 Å². The van der Waals surface area contributed by atoms with Gasteiger partial charge in [-0.2, -0.15) is 0 Å². The van der Waals surface area contributed by atoms with Gasteiger partial charge in [-0.1, -0.05) is 12.1 Å². The van der Waals surface area contributed by atoms with E-state index in [9.17, 15) is 4.79 Å². The molecule has 2 rings (SSSR count). The number of hydrogen-bond acceptors (Lipinski definition) is 4. The summed E-state index contributed by atoms with van der Waals surface area (Å²) >= 11 is 0. The Balaban J connectivity index is 2.30. The molecule has 5 heteroatoms. The minimum Gasteiger partial charge on any atom is -0.497 e. The second-order valence-corrected chi connectivity index (χ2v) is 4.97. The molecule has 2 aromatic rings. The molecule has 1 N–H and O–H groups in total. The molecule has 0 aromatic heterocycles. The summed E-state index contributed by atoms with van der Waals surface area (Å²) in [5, 5.41) is 2.92. The molecule has 0 atom stereocenters. The largest absolute Gasteiger partial charge is 0.497 e. The van der Waals surface area contributed by atoms with E-state index < -0.39 is 0 Å². The van der Waals surface area contributed by atoms with E-state index in [0.29, 0.717) is 17.1 Å². The van der Waals surface area contributed by atoms with Gasteiger partial charge in [0.15, 0.2) is 0 Å². The smallest absolute Gasteiger partial charge is 0.255 e. The first-order valence-electron chi connectivity index (χ1n) is 6.86. The zero-order valence-corrected chi connectivity index (χ0v) is 13.2. The maximum atomic E-state index is 12.5. The number of rotatable bonds is 5. The van der Waals surface area contributed by atoms with Crippen molar-refractivity contribution >= 4 is 17.3 Å². The number of para-hydroxylation sites is 2. The van der Waals surface area contributed by atoms with E-state index in [2.05, 4.69) is 5.32 Å². The van der Waals surface area contributed by atoms with Crippen LogP contribution in [0.1, 0.15) is 10.4 Å². The van der Waals surface area contributed by atoms with Crippen LogP contribution in [-0.2, 0) is 0 Å². The standard InChI is InChI=1S/C17H20N2O3/c1-19(2)16-8-6-5-7-15(16)18-17(20)12-9-13(21-3)11-14(10-12)22-4/h5-11H,1-4H3,(H,18,20). The molecule has 1 amide bonds. The van der Waals surface area contributed by atoms with Gasteiger partial charge in [0.25, 0.3) is 5.91 Å². The third-order valence-electron chi connectivity index (χ3n) is 3.25. The minimum atomic E-state index is -0.216. The Kier molecular flexibility index (Phi) is 4.88. The van der Waals surface area contributed by atoms with Gasteiger partial charge >= 0.3 is 0 Å². The highest BCUT2D eigenvalue weighted by atomic mass is 16.5. The lowest BCUT2D eigenvalue weighted by atomic mass is 10.1. The summed E-state index contributed by atoms with van der Waals surface area (Å²) in [6.45, 7) is 0. The van der Waals surface area contributed by atoms with Gasteiger partial charge in [0.05, 0.1) is 25.6 Å². The molecule has 0 saturated heterocycles. The number of nitrogens with one attached hydrogen (secondary N) is 1. The molecular weight excluding hydrogens is 280 g/mol. The topological polar surface area (TPSA) is 50.8 Å². The summed E-state index contributed by atoms with van der Waals surface area (Å²) in [5.74, 6) is 0.933. The number of anilines is 2. The fourth-order valence-electron chi connectivity index (χ4n) is 2.10. The SMILES string of the molecule is COc1cc(OC)cc(C(=O)Nc2ccccc2N(C)C)c1. The quantitative estimate of drug-likeness (QED) is 0.922. The van der Waals surface area contributed by atoms with E-state index in [1.807, 2.05) is 43.3 Å². The highest BCUT2D eigenvalue weighted by Crippen LogP contribution is 2.26. The Labute approximate surface area is 130 Å². The van der Waals surface area contributed by atoms with E-state index >= 15 is 0 Å². The van der Waals surface area contributed by atoms with Crippen LogP contribution < -0.4 is 19.7 Å². The van der Waals surface area contributed by atoms with Gasteiger partial charge in [0.1, 0.15) is 11.5 Å². The van der Waals surface area contributed by atoms with Crippen LogP contribution >= 0.6 is 0 Å². The predicted molar refractivity (Wildman–Crippen MR) is 88.3 cm³/mol. The van der Waals surface area contributed by atoms with E-state index in [-0.39, 0.29) is 5.91 Å². The van der Waals surface area contributed by atoms with Crippen LogP contribution in [0.15, 0.2) is 42.5 Å². The minimum absolute atomic E-state index is 0.216. The number of hydrogen-bond donors (Lipinski definition) is 1. The van der Waals surface area contributed by atoms with Gasteiger partial charge in [-0.3, -0.25) is 4.79 Å². The van der Waals surface area contributed by atoms with Crippen molar-refractivity contribution < 1.29 is 14.3 Å². The lowest BCUT2D eigenvalue weighted by Crippen LogP contribution is -2.16. The van der Waals surface area contributed by atoms with E-state index in [0.717, 1.165) is 11.4 Å². The number of carbonyl (C=O) groups excluding carboxylic acids is 1. The summed E-state index contributed by atoms with van der Waals surface area (Å²) in [4.78, 5) is 14.4. The Morgan fingerprint density at radius 2 is 1.59 bits per heavy atom. The molecular formula is C17H20N2O3. The van der Waals surface area contributed by atoms with Crippen molar-refractivity contribution in [2.75, 3.05) is 38.5 Å². The molecule has 116 valence electrons. The predicted octanol–water partition coefficient (Wildman–Crippen LogP) is 3.02. The number of methoxy groups -OCH3 is 2. The molecule has 0 heterocycles. The van der Waals surface area contributed by atoms with Crippen molar-refractivity contribution in [2.45, 2.75) is 0 Å². The van der Waals surface area contributed by atoms with Crippen molar-refractivity contribution in [3.63, 3.8) is 0 Å². The summed E-state index contributed by atoms with van der Waals surface area (Å²) in [6, 6.07) is 12.7. The third-order valence-corrected chi connectivity index (χ3v) is 3.25. The monoisotopic (exact) mass is 300 g/mol. The second kappa shape index (κ2) is 6.85. The van der Waals surface area contributed by atoms with Crippen LogP contribution in [-0.4, -0.2) is 34.2 Å².